The van der Waals surface area contributed by atoms with Crippen molar-refractivity contribution in [2.45, 2.75) is 52.2 Å². The highest BCUT2D eigenvalue weighted by Gasteiger charge is 2.41. The molecule has 2 aromatic heterocycles. The summed E-state index contributed by atoms with van der Waals surface area (Å²) in [5.74, 6) is 0. The predicted octanol–water partition coefficient (Wildman–Crippen LogP) is 3.44. The van der Waals surface area contributed by atoms with Gasteiger partial charge in [-0.1, -0.05) is 6.07 Å². The number of aliphatic hydroxyl groups is 1. The molecule has 0 aromatic carbocycles. The second-order valence-corrected chi connectivity index (χ2v) is 7.57. The standard InChI is InChI=1S/C20H28N4OS/c1-13(2)24-14(3)12-16(15(24)4)19-18(17-8-5-6-9-21-17)22-20(26)23(19)10-7-11-25/h5-6,8-9,12-13,18-19,25H,7,10-11H2,1-4H3,(H,22,26)/t18-,19+/m0/s1. The van der Waals surface area contributed by atoms with Gasteiger partial charge in [-0.05, 0) is 70.1 Å². The van der Waals surface area contributed by atoms with Gasteiger partial charge in [-0.25, -0.2) is 0 Å². The molecule has 1 aliphatic rings. The summed E-state index contributed by atoms with van der Waals surface area (Å²) in [5, 5.41) is 13.5. The van der Waals surface area contributed by atoms with Crippen molar-refractivity contribution in [1.82, 2.24) is 19.8 Å². The van der Waals surface area contributed by atoms with Crippen LogP contribution in [-0.4, -0.2) is 37.8 Å². The maximum Gasteiger partial charge on any atom is 0.170 e. The molecule has 2 aromatic rings. The number of rotatable bonds is 6. The molecule has 2 atom stereocenters. The maximum atomic E-state index is 9.32. The molecule has 0 aliphatic carbocycles. The number of hydrogen-bond donors (Lipinski definition) is 2. The normalized spacial score (nSPS) is 20.1. The molecular weight excluding hydrogens is 344 g/mol. The first kappa shape index (κ1) is 18.9. The lowest BCUT2D eigenvalue weighted by Crippen LogP contribution is -2.31. The average Bonchev–Trinajstić information content (AvgIpc) is 3.09. The zero-order chi connectivity index (χ0) is 18.8. The van der Waals surface area contributed by atoms with E-state index in [0.717, 1.165) is 17.4 Å². The molecule has 2 N–H and O–H groups in total. The Bertz CT molecular complexity index is 772. The van der Waals surface area contributed by atoms with Crippen LogP contribution in [0.5, 0.6) is 0 Å². The van der Waals surface area contributed by atoms with Crippen LogP contribution in [0.15, 0.2) is 30.5 Å². The van der Waals surface area contributed by atoms with Gasteiger partial charge in [0.2, 0.25) is 0 Å². The first-order valence-electron chi connectivity index (χ1n) is 9.23. The minimum atomic E-state index is 0.00325. The van der Waals surface area contributed by atoms with Gasteiger partial charge in [-0.15, -0.1) is 0 Å². The highest BCUT2D eigenvalue weighted by atomic mass is 32.1. The second-order valence-electron chi connectivity index (χ2n) is 7.19. The number of aryl methyl sites for hydroxylation is 1. The molecular formula is C20H28N4OS. The monoisotopic (exact) mass is 372 g/mol. The first-order valence-corrected chi connectivity index (χ1v) is 9.63. The molecule has 1 saturated heterocycles. The van der Waals surface area contributed by atoms with Crippen molar-refractivity contribution in [1.29, 1.82) is 0 Å². The zero-order valence-corrected chi connectivity index (χ0v) is 16.8. The minimum Gasteiger partial charge on any atom is -0.396 e. The highest BCUT2D eigenvalue weighted by molar-refractivity contribution is 7.80. The number of pyridine rings is 1. The van der Waals surface area contributed by atoms with Crippen molar-refractivity contribution >= 4 is 17.3 Å². The van der Waals surface area contributed by atoms with Crippen LogP contribution in [0.25, 0.3) is 0 Å². The lowest BCUT2D eigenvalue weighted by molar-refractivity contribution is 0.247. The van der Waals surface area contributed by atoms with Crippen LogP contribution in [0.1, 0.15) is 61.0 Å². The van der Waals surface area contributed by atoms with E-state index < -0.39 is 0 Å². The number of nitrogens with one attached hydrogen (secondary N) is 1. The maximum absolute atomic E-state index is 9.32. The van der Waals surface area contributed by atoms with Crippen LogP contribution in [0, 0.1) is 13.8 Å². The van der Waals surface area contributed by atoms with E-state index in [1.54, 1.807) is 0 Å². The quantitative estimate of drug-likeness (QED) is 0.761. The lowest BCUT2D eigenvalue weighted by Gasteiger charge is -2.28. The molecule has 0 unspecified atom stereocenters. The topological polar surface area (TPSA) is 53.3 Å². The molecule has 3 heterocycles. The predicted molar refractivity (Wildman–Crippen MR) is 108 cm³/mol. The van der Waals surface area contributed by atoms with Crippen LogP contribution in [-0.2, 0) is 0 Å². The van der Waals surface area contributed by atoms with Crippen molar-refractivity contribution in [3.63, 3.8) is 0 Å². The van der Waals surface area contributed by atoms with Gasteiger partial charge in [0.05, 0.1) is 17.8 Å². The van der Waals surface area contributed by atoms with Crippen LogP contribution < -0.4 is 5.32 Å². The molecule has 140 valence electrons. The molecule has 0 radical (unpaired) electrons. The minimum absolute atomic E-state index is 0.00325. The third-order valence-electron chi connectivity index (χ3n) is 5.11. The lowest BCUT2D eigenvalue weighted by atomic mass is 9.96. The Hall–Kier alpha value is -1.92. The van der Waals surface area contributed by atoms with Crippen molar-refractivity contribution in [2.75, 3.05) is 13.2 Å². The summed E-state index contributed by atoms with van der Waals surface area (Å²) in [7, 11) is 0. The van der Waals surface area contributed by atoms with Crippen molar-refractivity contribution < 1.29 is 5.11 Å². The van der Waals surface area contributed by atoms with Gasteiger partial charge in [0.15, 0.2) is 5.11 Å². The van der Waals surface area contributed by atoms with Crippen molar-refractivity contribution in [2.24, 2.45) is 0 Å². The zero-order valence-electron chi connectivity index (χ0n) is 15.9. The van der Waals surface area contributed by atoms with Gasteiger partial charge in [0.1, 0.15) is 0 Å². The molecule has 0 bridgehead atoms. The third-order valence-corrected chi connectivity index (χ3v) is 5.47. The second kappa shape index (κ2) is 7.76. The number of aliphatic hydroxyl groups excluding tert-OH is 1. The largest absolute Gasteiger partial charge is 0.396 e. The van der Waals surface area contributed by atoms with Crippen LogP contribution in [0.4, 0.5) is 0 Å². The van der Waals surface area contributed by atoms with Crippen LogP contribution in [0.2, 0.25) is 0 Å². The van der Waals surface area contributed by atoms with Gasteiger partial charge in [0, 0.05) is 36.8 Å². The summed E-state index contributed by atoms with van der Waals surface area (Å²) < 4.78 is 2.37. The molecule has 1 aliphatic heterocycles. The summed E-state index contributed by atoms with van der Waals surface area (Å²) in [6, 6.07) is 8.75. The van der Waals surface area contributed by atoms with Crippen LogP contribution >= 0.6 is 12.2 Å². The van der Waals surface area contributed by atoms with Gasteiger partial charge in [-0.3, -0.25) is 4.98 Å². The van der Waals surface area contributed by atoms with Crippen molar-refractivity contribution in [3.05, 3.63) is 53.1 Å². The van der Waals surface area contributed by atoms with E-state index in [4.69, 9.17) is 12.2 Å². The number of aromatic nitrogens is 2. The Balaban J connectivity index is 2.08. The van der Waals surface area contributed by atoms with Gasteiger partial charge in [0.25, 0.3) is 0 Å². The summed E-state index contributed by atoms with van der Waals surface area (Å²) in [6.07, 6.45) is 2.51. The van der Waals surface area contributed by atoms with Crippen LogP contribution in [0.3, 0.4) is 0 Å². The molecule has 0 amide bonds. The van der Waals surface area contributed by atoms with Gasteiger partial charge < -0.3 is 19.9 Å². The van der Waals surface area contributed by atoms with E-state index >= 15 is 0 Å². The Morgan fingerprint density at radius 3 is 2.65 bits per heavy atom. The molecule has 1 fully saturated rings. The van der Waals surface area contributed by atoms with E-state index in [0.29, 0.717) is 12.5 Å². The van der Waals surface area contributed by atoms with Crippen molar-refractivity contribution in [3.8, 4) is 0 Å². The SMILES string of the molecule is Cc1cc([C@@H]2[C@H](c3ccccn3)NC(=S)N2CCCO)c(C)n1C(C)C. The summed E-state index contributed by atoms with van der Waals surface area (Å²) in [4.78, 5) is 6.78. The number of nitrogens with zero attached hydrogens (tertiary/aromatic N) is 3. The number of hydrogen-bond acceptors (Lipinski definition) is 3. The molecule has 0 spiro atoms. The summed E-state index contributed by atoms with van der Waals surface area (Å²) in [6.45, 7) is 9.64. The summed E-state index contributed by atoms with van der Waals surface area (Å²) in [5.41, 5.74) is 4.79. The molecule has 3 rings (SSSR count). The fourth-order valence-corrected chi connectivity index (χ4v) is 4.45. The molecule has 0 saturated carbocycles. The van der Waals surface area contributed by atoms with Gasteiger partial charge >= 0.3 is 0 Å². The third kappa shape index (κ3) is 3.35. The van der Waals surface area contributed by atoms with E-state index in [-0.39, 0.29) is 18.7 Å². The number of thiocarbonyl (C=S) groups is 1. The smallest absolute Gasteiger partial charge is 0.170 e. The Morgan fingerprint density at radius 2 is 2.08 bits per heavy atom. The Labute approximate surface area is 161 Å². The van der Waals surface area contributed by atoms with E-state index in [1.165, 1.54) is 17.0 Å². The van der Waals surface area contributed by atoms with E-state index in [9.17, 15) is 5.11 Å². The van der Waals surface area contributed by atoms with Gasteiger partial charge in [-0.2, -0.15) is 0 Å². The van der Waals surface area contributed by atoms with E-state index in [2.05, 4.69) is 53.5 Å². The summed E-state index contributed by atoms with van der Waals surface area (Å²) >= 11 is 5.64. The Kier molecular flexibility index (Phi) is 5.63. The average molecular weight is 373 g/mol. The van der Waals surface area contributed by atoms with E-state index in [1.807, 2.05) is 24.4 Å². The molecule has 26 heavy (non-hydrogen) atoms. The fourth-order valence-electron chi connectivity index (χ4n) is 4.12. The highest BCUT2D eigenvalue weighted by Crippen LogP contribution is 2.41. The molecule has 5 nitrogen and oxygen atoms in total. The first-order chi connectivity index (χ1) is 12.5. The molecule has 6 heteroatoms. The Morgan fingerprint density at radius 1 is 1.31 bits per heavy atom. The fraction of sp³-hybridized carbons (Fsp3) is 0.500.